The van der Waals surface area contributed by atoms with E-state index in [1.54, 1.807) is 125 Å². The van der Waals surface area contributed by atoms with E-state index in [0.717, 1.165) is 0 Å². The quantitative estimate of drug-likeness (QED) is 0.0237. The highest BCUT2D eigenvalue weighted by atomic mass is 16.6. The molecule has 0 aliphatic heterocycles. The second kappa shape index (κ2) is 59.5. The number of nitrogens with zero attached hydrogens (tertiary/aromatic N) is 1. The Bertz CT molecular complexity index is 2830. The molecule has 9 amide bonds. The summed E-state index contributed by atoms with van der Waals surface area (Å²) in [5.74, 6) is -7.37. The van der Waals surface area contributed by atoms with Gasteiger partial charge < -0.3 is 125 Å². The zero-order valence-corrected chi connectivity index (χ0v) is 73.2. The third kappa shape index (κ3) is 65.7. The number of aliphatic carboxylic acids is 1. The summed E-state index contributed by atoms with van der Waals surface area (Å²) in [7, 11) is 0. The van der Waals surface area contributed by atoms with Crippen molar-refractivity contribution in [2.75, 3.05) is 145 Å². The van der Waals surface area contributed by atoms with E-state index in [4.69, 9.17) is 72.0 Å². The van der Waals surface area contributed by atoms with Gasteiger partial charge in [-0.05, 0) is 182 Å². The van der Waals surface area contributed by atoms with Crippen LogP contribution < -0.4 is 48.3 Å². The number of ether oxygens (including phenoxy) is 14. The molecule has 0 spiro atoms. The van der Waals surface area contributed by atoms with Crippen molar-refractivity contribution in [3.05, 3.63) is 0 Å². The predicted octanol–water partition coefficient (Wildman–Crippen LogP) is 3.41. The van der Waals surface area contributed by atoms with Crippen LogP contribution in [0.4, 0.5) is 9.59 Å². The van der Waals surface area contributed by atoms with Gasteiger partial charge in [0.2, 0.25) is 29.5 Å². The number of rotatable bonds is 62. The maximum Gasteiger partial charge on any atom is 0.329 e. The lowest BCUT2D eigenvalue weighted by Crippen LogP contribution is -2.53. The number of carbonyl (C=O) groups excluding carboxylic acids is 13. The van der Waals surface area contributed by atoms with Gasteiger partial charge in [0.25, 0.3) is 0 Å². The first-order valence-electron chi connectivity index (χ1n) is 40.4. The molecule has 0 aliphatic rings. The van der Waals surface area contributed by atoms with Crippen molar-refractivity contribution >= 4 is 83.4 Å². The van der Waals surface area contributed by atoms with Crippen molar-refractivity contribution in [3.8, 4) is 0 Å². The molecule has 118 heavy (non-hydrogen) atoms. The number of urea groups is 2. The number of carbonyl (C=O) groups is 14. The van der Waals surface area contributed by atoms with E-state index in [0.29, 0.717) is 25.7 Å². The van der Waals surface area contributed by atoms with E-state index in [1.165, 1.54) is 4.90 Å². The minimum absolute atomic E-state index is 0.0508. The van der Waals surface area contributed by atoms with Gasteiger partial charge in [0, 0.05) is 71.4 Å². The SMILES string of the molecule is CC(C)(C)OC(=O)CC[C@H](NC(=O)N[C@@H](CCCCNC(=O)COCCOCCOCCOCCNC(=O)CCN(CCC(=O)NCCOCCOCCOCCOCC(=O)NCCCC[C@H](NC(=O)N[C@@H](CCC(=O)OC(C)(C)C)C(=O)OC(C)(C)C)C(=O)OC(C)(C)C)C(=O)CC[C@H](N)C(=O)O)C(=O)OC(C)(C)C)C(=O)OC(C)(C)C. The molecule has 0 fully saturated rings. The molecular weight excluding hydrogens is 1550 g/mol. The Labute approximate surface area is 695 Å². The highest BCUT2D eigenvalue weighted by Crippen LogP contribution is 2.19. The van der Waals surface area contributed by atoms with Gasteiger partial charge in [0.05, 0.1) is 92.5 Å². The Morgan fingerprint density at radius 2 is 0.568 bits per heavy atom. The molecule has 0 aromatic rings. The molecule has 0 heterocycles. The maximum atomic E-state index is 13.2. The molecule has 0 bridgehead atoms. The first-order chi connectivity index (χ1) is 54.9. The topological polar surface area (TPSA) is 514 Å². The van der Waals surface area contributed by atoms with E-state index >= 15 is 0 Å². The van der Waals surface area contributed by atoms with Crippen LogP contribution in [-0.4, -0.2) is 302 Å². The Hall–Kier alpha value is -8.18. The number of carboxylic acid groups (broad SMARTS) is 1. The second-order valence-corrected chi connectivity index (χ2v) is 33.4. The largest absolute Gasteiger partial charge is 0.480 e. The van der Waals surface area contributed by atoms with Crippen LogP contribution in [0.3, 0.4) is 0 Å². The molecule has 5 atom stereocenters. The fourth-order valence-corrected chi connectivity index (χ4v) is 9.76. The van der Waals surface area contributed by atoms with E-state index in [2.05, 4.69) is 42.5 Å². The molecule has 682 valence electrons. The average molecular weight is 1700 g/mol. The summed E-state index contributed by atoms with van der Waals surface area (Å²) in [6.07, 6.45) is 0.706. The molecule has 11 N–H and O–H groups in total. The van der Waals surface area contributed by atoms with Crippen LogP contribution in [0.5, 0.6) is 0 Å². The number of nitrogens with one attached hydrogen (secondary N) is 8. The third-order valence-corrected chi connectivity index (χ3v) is 15.0. The van der Waals surface area contributed by atoms with Crippen molar-refractivity contribution in [3.63, 3.8) is 0 Å². The molecule has 0 rings (SSSR count). The first kappa shape index (κ1) is 110. The number of nitrogens with two attached hydrogens (primary N) is 1. The minimum atomic E-state index is -1.28. The van der Waals surface area contributed by atoms with Gasteiger partial charge in [0.15, 0.2) is 0 Å². The van der Waals surface area contributed by atoms with Crippen LogP contribution in [0.25, 0.3) is 0 Å². The summed E-state index contributed by atoms with van der Waals surface area (Å²) >= 11 is 0. The number of hydrogen-bond donors (Lipinski definition) is 10. The Morgan fingerprint density at radius 3 is 0.847 bits per heavy atom. The van der Waals surface area contributed by atoms with Gasteiger partial charge in [-0.2, -0.15) is 0 Å². The zero-order valence-electron chi connectivity index (χ0n) is 73.2. The van der Waals surface area contributed by atoms with E-state index < -0.39 is 124 Å². The van der Waals surface area contributed by atoms with E-state index in [-0.39, 0.29) is 233 Å². The monoisotopic (exact) mass is 1690 g/mol. The lowest BCUT2D eigenvalue weighted by molar-refractivity contribution is -0.160. The van der Waals surface area contributed by atoms with Crippen molar-refractivity contribution in [2.45, 2.75) is 278 Å². The van der Waals surface area contributed by atoms with Crippen LogP contribution in [0, 0.1) is 0 Å². The van der Waals surface area contributed by atoms with Crippen LogP contribution in [0.1, 0.15) is 215 Å². The summed E-state index contributed by atoms with van der Waals surface area (Å²) in [5, 5.41) is 30.3. The Balaban J connectivity index is 4.53. The molecule has 0 aromatic heterocycles. The molecule has 0 saturated heterocycles. The maximum absolute atomic E-state index is 13.2. The fraction of sp³-hybridized carbons (Fsp3) is 0.823. The normalized spacial score (nSPS) is 13.2. The van der Waals surface area contributed by atoms with Gasteiger partial charge in [-0.25, -0.2) is 28.8 Å². The fourth-order valence-electron chi connectivity index (χ4n) is 9.76. The molecule has 39 nitrogen and oxygen atoms in total. The summed E-state index contributed by atoms with van der Waals surface area (Å²) in [6.45, 7) is 33.4. The first-order valence-corrected chi connectivity index (χ1v) is 40.4. The van der Waals surface area contributed by atoms with Gasteiger partial charge in [-0.1, -0.05) is 0 Å². The van der Waals surface area contributed by atoms with Crippen molar-refractivity contribution < 1.29 is 139 Å². The lowest BCUT2D eigenvalue weighted by Gasteiger charge is -2.27. The van der Waals surface area contributed by atoms with E-state index in [9.17, 15) is 72.2 Å². The second-order valence-electron chi connectivity index (χ2n) is 33.4. The highest BCUT2D eigenvalue weighted by Gasteiger charge is 2.35. The minimum Gasteiger partial charge on any atom is -0.480 e. The van der Waals surface area contributed by atoms with Crippen LogP contribution in [0.15, 0.2) is 0 Å². The number of carboxylic acids is 1. The van der Waals surface area contributed by atoms with E-state index in [1.807, 2.05) is 0 Å². The molecule has 0 radical (unpaired) electrons. The number of esters is 6. The number of unbranched alkanes of at least 4 members (excludes halogenated alkanes) is 2. The van der Waals surface area contributed by atoms with Crippen LogP contribution in [0.2, 0.25) is 0 Å². The molecular formula is C79H142N10O29. The molecule has 0 unspecified atom stereocenters. The number of hydrogen-bond acceptors (Lipinski definition) is 29. The summed E-state index contributed by atoms with van der Waals surface area (Å²) in [6, 6.07) is -7.69. The Kier molecular flexibility index (Phi) is 55.4. The average Bonchev–Trinajstić information content (AvgIpc) is 0.873. The predicted molar refractivity (Wildman–Crippen MR) is 429 cm³/mol. The molecule has 0 saturated carbocycles. The van der Waals surface area contributed by atoms with Crippen molar-refractivity contribution in [1.82, 2.24) is 47.4 Å². The summed E-state index contributed by atoms with van der Waals surface area (Å²) in [4.78, 5) is 180. The number of amides is 9. The zero-order chi connectivity index (χ0) is 89.6. The third-order valence-electron chi connectivity index (χ3n) is 15.0. The Morgan fingerprint density at radius 1 is 0.305 bits per heavy atom. The van der Waals surface area contributed by atoms with Gasteiger partial charge in [-0.3, -0.25) is 38.4 Å². The molecule has 39 heteroatoms. The lowest BCUT2D eigenvalue weighted by atomic mass is 10.1. The summed E-state index contributed by atoms with van der Waals surface area (Å²) in [5.41, 5.74) is 0.574. The van der Waals surface area contributed by atoms with Crippen molar-refractivity contribution in [2.24, 2.45) is 5.73 Å². The van der Waals surface area contributed by atoms with Crippen LogP contribution >= 0.6 is 0 Å². The molecule has 0 aromatic carbocycles. The van der Waals surface area contributed by atoms with Gasteiger partial charge >= 0.3 is 53.8 Å². The van der Waals surface area contributed by atoms with Gasteiger partial charge in [-0.15, -0.1) is 0 Å². The smallest absolute Gasteiger partial charge is 0.329 e. The van der Waals surface area contributed by atoms with Crippen molar-refractivity contribution in [1.29, 1.82) is 0 Å². The van der Waals surface area contributed by atoms with Gasteiger partial charge in [0.1, 0.15) is 77.0 Å². The summed E-state index contributed by atoms with van der Waals surface area (Å²) < 4.78 is 76.6. The standard InChI is InChI=1S/C79H142N10O29/c1-74(2,3)113-65(95)29-26-58(70(101)117-78(13,14)15)87-72(103)85-56(68(99)115-76(7,8)9)23-19-21-33-81-62(92)53-111-51-49-109-47-45-107-43-41-105-39-35-83-60(90)31-37-89(64(94)28-25-55(80)67(97)98)38-32-61(91)84-36-40-106-42-44-108-46-48-110-50-52-112-54-63(93)82-34-22-20-24-57(69(100)116-77(10,11)12)86-73(104)88-59(71(102)118-79(16,17)18)27-30-66(96)114-75(4,5)6/h55-59H,19-54,80H2,1-18H3,(H,81,92)(H,82,93)(H,83,90)(H,84,91)(H,97,98)(H2,85,87,103)(H2,86,88,104)/t55-,56-,57-,58-,59-/m0/s1. The van der Waals surface area contributed by atoms with Crippen LogP contribution in [-0.2, 0) is 124 Å². The highest BCUT2D eigenvalue weighted by molar-refractivity contribution is 5.89. The molecule has 0 aliphatic carbocycles.